The number of carbonyl (C=O) groups excluding carboxylic acids is 1. The molecule has 0 aliphatic carbocycles. The Morgan fingerprint density at radius 2 is 2.04 bits per heavy atom. The van der Waals surface area contributed by atoms with E-state index in [1.807, 2.05) is 29.3 Å². The van der Waals surface area contributed by atoms with E-state index in [2.05, 4.69) is 23.7 Å². The SMILES string of the molecule is Cc1nc(CC(=O)N2CCCN(Cc3ccc(F)cc3)[C@H](C(C)C)C2)cs1. The van der Waals surface area contributed by atoms with Crippen LogP contribution in [-0.2, 0) is 17.8 Å². The number of hydrogen-bond donors (Lipinski definition) is 0. The molecule has 146 valence electrons. The van der Waals surface area contributed by atoms with Crippen LogP contribution in [0.15, 0.2) is 29.6 Å². The molecule has 4 nitrogen and oxygen atoms in total. The molecule has 1 aromatic heterocycles. The Bertz CT molecular complexity index is 759. The molecule has 2 aromatic rings. The topological polar surface area (TPSA) is 36.4 Å². The molecule has 0 saturated carbocycles. The lowest BCUT2D eigenvalue weighted by molar-refractivity contribution is -0.131. The third-order valence-electron chi connectivity index (χ3n) is 5.17. The van der Waals surface area contributed by atoms with Gasteiger partial charge in [-0.1, -0.05) is 26.0 Å². The number of amides is 1. The number of thiazole rings is 1. The molecule has 1 aliphatic heterocycles. The number of aryl methyl sites for hydroxylation is 1. The first-order valence-corrected chi connectivity index (χ1v) is 10.5. The van der Waals surface area contributed by atoms with Crippen LogP contribution in [-0.4, -0.2) is 46.4 Å². The van der Waals surface area contributed by atoms with Crippen molar-refractivity contribution in [2.24, 2.45) is 5.92 Å². The third kappa shape index (κ3) is 5.36. The number of hydrogen-bond acceptors (Lipinski definition) is 4. The Morgan fingerprint density at radius 1 is 1.30 bits per heavy atom. The zero-order chi connectivity index (χ0) is 19.4. The van der Waals surface area contributed by atoms with Crippen LogP contribution in [0.25, 0.3) is 0 Å². The van der Waals surface area contributed by atoms with Gasteiger partial charge >= 0.3 is 0 Å². The lowest BCUT2D eigenvalue weighted by atomic mass is 10.0. The van der Waals surface area contributed by atoms with Gasteiger partial charge in [-0.15, -0.1) is 11.3 Å². The van der Waals surface area contributed by atoms with Crippen molar-refractivity contribution in [3.63, 3.8) is 0 Å². The quantitative estimate of drug-likeness (QED) is 0.778. The maximum absolute atomic E-state index is 13.2. The van der Waals surface area contributed by atoms with Crippen molar-refractivity contribution in [1.82, 2.24) is 14.8 Å². The van der Waals surface area contributed by atoms with E-state index >= 15 is 0 Å². The van der Waals surface area contributed by atoms with Gasteiger partial charge in [0.05, 0.1) is 17.1 Å². The Hall–Kier alpha value is -1.79. The van der Waals surface area contributed by atoms with Gasteiger partial charge in [-0.2, -0.15) is 0 Å². The Kier molecular flexibility index (Phi) is 6.60. The fourth-order valence-corrected chi connectivity index (χ4v) is 4.31. The predicted molar refractivity (Wildman–Crippen MR) is 107 cm³/mol. The number of nitrogens with zero attached hydrogens (tertiary/aromatic N) is 3. The van der Waals surface area contributed by atoms with Crippen molar-refractivity contribution in [2.75, 3.05) is 19.6 Å². The number of benzene rings is 1. The maximum Gasteiger partial charge on any atom is 0.228 e. The van der Waals surface area contributed by atoms with E-state index < -0.39 is 0 Å². The molecule has 0 spiro atoms. The van der Waals surface area contributed by atoms with Crippen LogP contribution in [0.3, 0.4) is 0 Å². The molecule has 1 fully saturated rings. The fourth-order valence-electron chi connectivity index (χ4n) is 3.70. The summed E-state index contributed by atoms with van der Waals surface area (Å²) in [4.78, 5) is 21.7. The fraction of sp³-hybridized carbons (Fsp3) is 0.524. The highest BCUT2D eigenvalue weighted by Gasteiger charge is 2.29. The van der Waals surface area contributed by atoms with E-state index in [4.69, 9.17) is 0 Å². The van der Waals surface area contributed by atoms with E-state index in [1.54, 1.807) is 11.3 Å². The van der Waals surface area contributed by atoms with E-state index in [9.17, 15) is 9.18 Å². The molecule has 1 aliphatic rings. The highest BCUT2D eigenvalue weighted by molar-refractivity contribution is 7.09. The van der Waals surface area contributed by atoms with Crippen LogP contribution < -0.4 is 0 Å². The van der Waals surface area contributed by atoms with E-state index in [1.165, 1.54) is 12.1 Å². The van der Waals surface area contributed by atoms with E-state index in [0.29, 0.717) is 18.4 Å². The highest BCUT2D eigenvalue weighted by atomic mass is 32.1. The largest absolute Gasteiger partial charge is 0.341 e. The molecular weight excluding hydrogens is 361 g/mol. The van der Waals surface area contributed by atoms with Gasteiger partial charge in [0, 0.05) is 37.6 Å². The van der Waals surface area contributed by atoms with Gasteiger partial charge in [0.25, 0.3) is 0 Å². The molecule has 0 bridgehead atoms. The summed E-state index contributed by atoms with van der Waals surface area (Å²) in [7, 11) is 0. The average molecular weight is 390 g/mol. The van der Waals surface area contributed by atoms with Crippen molar-refractivity contribution in [3.8, 4) is 0 Å². The Balaban J connectivity index is 1.68. The lowest BCUT2D eigenvalue weighted by Gasteiger charge is -2.34. The molecule has 0 unspecified atom stereocenters. The van der Waals surface area contributed by atoms with Crippen molar-refractivity contribution in [1.29, 1.82) is 0 Å². The van der Waals surface area contributed by atoms with Crippen LogP contribution in [0.5, 0.6) is 0 Å². The molecule has 1 amide bonds. The van der Waals surface area contributed by atoms with Crippen LogP contribution in [0.2, 0.25) is 0 Å². The zero-order valence-corrected chi connectivity index (χ0v) is 17.1. The van der Waals surface area contributed by atoms with Crippen LogP contribution in [0.4, 0.5) is 4.39 Å². The van der Waals surface area contributed by atoms with Gasteiger partial charge in [0.1, 0.15) is 5.82 Å². The molecule has 1 atom stereocenters. The number of aromatic nitrogens is 1. The van der Waals surface area contributed by atoms with Gasteiger partial charge in [-0.3, -0.25) is 9.69 Å². The van der Waals surface area contributed by atoms with Crippen LogP contribution in [0, 0.1) is 18.7 Å². The van der Waals surface area contributed by atoms with Gasteiger partial charge in [0.2, 0.25) is 5.91 Å². The standard InChI is InChI=1S/C21H28FN3OS/c1-15(2)20-13-25(21(26)11-19-14-27-16(3)23-19)10-4-9-24(20)12-17-5-7-18(22)8-6-17/h5-8,14-15,20H,4,9-13H2,1-3H3/t20-/m0/s1. The number of rotatable bonds is 5. The molecule has 0 radical (unpaired) electrons. The van der Waals surface area contributed by atoms with Gasteiger partial charge < -0.3 is 4.90 Å². The van der Waals surface area contributed by atoms with Crippen LogP contribution in [0.1, 0.15) is 36.5 Å². The molecule has 6 heteroatoms. The first-order valence-electron chi connectivity index (χ1n) is 9.59. The van der Waals surface area contributed by atoms with Crippen LogP contribution >= 0.6 is 11.3 Å². The summed E-state index contributed by atoms with van der Waals surface area (Å²) in [5.74, 6) is 0.388. The third-order valence-corrected chi connectivity index (χ3v) is 5.99. The number of halogens is 1. The van der Waals surface area contributed by atoms with Crippen molar-refractivity contribution in [3.05, 3.63) is 51.7 Å². The number of carbonyl (C=O) groups is 1. The van der Waals surface area contributed by atoms with Crippen molar-refractivity contribution in [2.45, 2.75) is 46.2 Å². The maximum atomic E-state index is 13.2. The highest BCUT2D eigenvalue weighted by Crippen LogP contribution is 2.21. The van der Waals surface area contributed by atoms with Gasteiger partial charge in [-0.05, 0) is 37.0 Å². The second kappa shape index (κ2) is 8.93. The lowest BCUT2D eigenvalue weighted by Crippen LogP contribution is -2.45. The normalized spacial score (nSPS) is 18.7. The summed E-state index contributed by atoms with van der Waals surface area (Å²) in [5.41, 5.74) is 1.98. The minimum Gasteiger partial charge on any atom is -0.341 e. The summed E-state index contributed by atoms with van der Waals surface area (Å²) >= 11 is 1.59. The monoisotopic (exact) mass is 389 g/mol. The second-order valence-corrected chi connectivity index (χ2v) is 8.70. The summed E-state index contributed by atoms with van der Waals surface area (Å²) in [6, 6.07) is 7.03. The Morgan fingerprint density at radius 3 is 2.67 bits per heavy atom. The predicted octanol–water partition coefficient (Wildman–Crippen LogP) is 3.89. The molecular formula is C21H28FN3OS. The van der Waals surface area contributed by atoms with Gasteiger partial charge in [0.15, 0.2) is 0 Å². The summed E-state index contributed by atoms with van der Waals surface area (Å²) in [5, 5.41) is 2.98. The molecule has 1 aromatic carbocycles. The molecule has 1 saturated heterocycles. The Labute approximate surface area is 165 Å². The summed E-state index contributed by atoms with van der Waals surface area (Å²) < 4.78 is 13.2. The molecule has 3 rings (SSSR count). The molecule has 0 N–H and O–H groups in total. The molecule has 2 heterocycles. The summed E-state index contributed by atoms with van der Waals surface area (Å²) in [6.07, 6.45) is 1.33. The molecule has 27 heavy (non-hydrogen) atoms. The first-order chi connectivity index (χ1) is 12.9. The minimum absolute atomic E-state index is 0.162. The van der Waals surface area contributed by atoms with E-state index in [-0.39, 0.29) is 11.7 Å². The first kappa shape index (κ1) is 20.0. The average Bonchev–Trinajstić information content (AvgIpc) is 2.90. The smallest absolute Gasteiger partial charge is 0.228 e. The summed E-state index contributed by atoms with van der Waals surface area (Å²) in [6.45, 7) is 9.63. The van der Waals surface area contributed by atoms with E-state index in [0.717, 1.165) is 48.9 Å². The second-order valence-electron chi connectivity index (χ2n) is 7.64. The zero-order valence-electron chi connectivity index (χ0n) is 16.3. The van der Waals surface area contributed by atoms with Crippen molar-refractivity contribution >= 4 is 17.2 Å². The minimum atomic E-state index is -0.205. The van der Waals surface area contributed by atoms with Crippen molar-refractivity contribution < 1.29 is 9.18 Å². The van der Waals surface area contributed by atoms with Gasteiger partial charge in [-0.25, -0.2) is 9.37 Å².